The fraction of sp³-hybridized carbons (Fsp3) is 0.269. The zero-order valence-corrected chi connectivity index (χ0v) is 17.7. The summed E-state index contributed by atoms with van der Waals surface area (Å²) >= 11 is 0. The molecule has 0 aliphatic carbocycles. The number of aromatic amines is 1. The SMILES string of the molecule is c1ccc(N2CCN(CCCOc3ccc(-c4nc5ccccc5[nH]4)cc3)CC2)cc1. The van der Waals surface area contributed by atoms with Crippen LogP contribution in [-0.2, 0) is 0 Å². The van der Waals surface area contributed by atoms with E-state index in [1.807, 2.05) is 36.4 Å². The van der Waals surface area contributed by atoms with Crippen molar-refractivity contribution in [3.05, 3.63) is 78.9 Å². The predicted molar refractivity (Wildman–Crippen MR) is 127 cm³/mol. The van der Waals surface area contributed by atoms with Crippen LogP contribution in [0.2, 0.25) is 0 Å². The molecule has 5 nitrogen and oxygen atoms in total. The summed E-state index contributed by atoms with van der Waals surface area (Å²) in [6.45, 7) is 6.23. The number of ether oxygens (including phenoxy) is 1. The average Bonchev–Trinajstić information content (AvgIpc) is 3.28. The number of piperazine rings is 1. The van der Waals surface area contributed by atoms with E-state index in [1.165, 1.54) is 5.69 Å². The Bertz CT molecular complexity index is 1070. The first-order valence-corrected chi connectivity index (χ1v) is 11.1. The first-order chi connectivity index (χ1) is 15.3. The van der Waals surface area contributed by atoms with Crippen LogP contribution in [-0.4, -0.2) is 54.2 Å². The van der Waals surface area contributed by atoms with Gasteiger partial charge in [0, 0.05) is 44.0 Å². The third-order valence-electron chi connectivity index (χ3n) is 5.90. The molecule has 0 unspecified atom stereocenters. The zero-order chi connectivity index (χ0) is 20.9. The van der Waals surface area contributed by atoms with Crippen molar-refractivity contribution in [1.82, 2.24) is 14.9 Å². The Hall–Kier alpha value is -3.31. The molecule has 0 atom stereocenters. The van der Waals surface area contributed by atoms with Gasteiger partial charge in [0.25, 0.3) is 0 Å². The van der Waals surface area contributed by atoms with Crippen molar-refractivity contribution in [3.8, 4) is 17.1 Å². The van der Waals surface area contributed by atoms with Gasteiger partial charge in [0.05, 0.1) is 17.6 Å². The number of H-pyrrole nitrogens is 1. The lowest BCUT2D eigenvalue weighted by molar-refractivity contribution is 0.225. The summed E-state index contributed by atoms with van der Waals surface area (Å²) in [6.07, 6.45) is 1.04. The van der Waals surface area contributed by atoms with Gasteiger partial charge in [0.1, 0.15) is 11.6 Å². The van der Waals surface area contributed by atoms with Gasteiger partial charge in [0.2, 0.25) is 0 Å². The third kappa shape index (κ3) is 4.72. The van der Waals surface area contributed by atoms with Crippen molar-refractivity contribution in [2.45, 2.75) is 6.42 Å². The minimum Gasteiger partial charge on any atom is -0.494 e. The number of anilines is 1. The monoisotopic (exact) mass is 412 g/mol. The summed E-state index contributed by atoms with van der Waals surface area (Å²) in [5, 5.41) is 0. The lowest BCUT2D eigenvalue weighted by Gasteiger charge is -2.36. The summed E-state index contributed by atoms with van der Waals surface area (Å²) in [6, 6.07) is 27.0. The molecule has 5 heteroatoms. The number of fused-ring (bicyclic) bond motifs is 1. The van der Waals surface area contributed by atoms with Crippen molar-refractivity contribution in [2.24, 2.45) is 0 Å². The van der Waals surface area contributed by atoms with Gasteiger partial charge in [-0.25, -0.2) is 4.98 Å². The molecule has 1 N–H and O–H groups in total. The number of imidazole rings is 1. The molecule has 0 amide bonds. The first kappa shape index (κ1) is 19.6. The molecule has 3 aromatic carbocycles. The lowest BCUT2D eigenvalue weighted by Crippen LogP contribution is -2.46. The van der Waals surface area contributed by atoms with Gasteiger partial charge >= 0.3 is 0 Å². The van der Waals surface area contributed by atoms with Gasteiger partial charge in [-0.3, -0.25) is 4.90 Å². The van der Waals surface area contributed by atoms with E-state index in [-0.39, 0.29) is 0 Å². The molecule has 0 radical (unpaired) electrons. The van der Waals surface area contributed by atoms with E-state index in [1.54, 1.807) is 0 Å². The lowest BCUT2D eigenvalue weighted by atomic mass is 10.2. The van der Waals surface area contributed by atoms with E-state index in [9.17, 15) is 0 Å². The Morgan fingerprint density at radius 1 is 0.806 bits per heavy atom. The van der Waals surface area contributed by atoms with Gasteiger partial charge in [-0.15, -0.1) is 0 Å². The van der Waals surface area contributed by atoms with Crippen LogP contribution in [0.3, 0.4) is 0 Å². The molecule has 1 aromatic heterocycles. The van der Waals surface area contributed by atoms with Gasteiger partial charge in [-0.05, 0) is 55.0 Å². The molecule has 0 bridgehead atoms. The second kappa shape index (κ2) is 9.23. The van der Waals surface area contributed by atoms with Crippen LogP contribution < -0.4 is 9.64 Å². The number of benzene rings is 3. The molecule has 2 heterocycles. The van der Waals surface area contributed by atoms with Crippen molar-refractivity contribution in [3.63, 3.8) is 0 Å². The highest BCUT2D eigenvalue weighted by molar-refractivity contribution is 5.79. The van der Waals surface area contributed by atoms with Gasteiger partial charge in [-0.1, -0.05) is 30.3 Å². The second-order valence-corrected chi connectivity index (χ2v) is 7.99. The third-order valence-corrected chi connectivity index (χ3v) is 5.90. The molecule has 1 fully saturated rings. The molecule has 0 spiro atoms. The van der Waals surface area contributed by atoms with Crippen LogP contribution >= 0.6 is 0 Å². The van der Waals surface area contributed by atoms with E-state index in [2.05, 4.69) is 62.2 Å². The molecular formula is C26H28N4O. The van der Waals surface area contributed by atoms with Crippen molar-refractivity contribution < 1.29 is 4.74 Å². The zero-order valence-electron chi connectivity index (χ0n) is 17.7. The molecule has 5 rings (SSSR count). The maximum Gasteiger partial charge on any atom is 0.138 e. The Morgan fingerprint density at radius 3 is 2.32 bits per heavy atom. The molecule has 0 saturated carbocycles. The van der Waals surface area contributed by atoms with Crippen LogP contribution in [0, 0.1) is 0 Å². The van der Waals surface area contributed by atoms with Gasteiger partial charge in [0.15, 0.2) is 0 Å². The Kier molecular flexibility index (Phi) is 5.85. The predicted octanol–water partition coefficient (Wildman–Crippen LogP) is 4.82. The number of nitrogens with one attached hydrogen (secondary N) is 1. The first-order valence-electron chi connectivity index (χ1n) is 11.1. The number of aromatic nitrogens is 2. The van der Waals surface area contributed by atoms with Gasteiger partial charge in [-0.2, -0.15) is 0 Å². The summed E-state index contributed by atoms with van der Waals surface area (Å²) < 4.78 is 5.97. The van der Waals surface area contributed by atoms with Crippen molar-refractivity contribution in [2.75, 3.05) is 44.2 Å². The fourth-order valence-electron chi connectivity index (χ4n) is 4.15. The van der Waals surface area contributed by atoms with E-state index in [0.29, 0.717) is 0 Å². The van der Waals surface area contributed by atoms with E-state index in [4.69, 9.17) is 4.74 Å². The minimum atomic E-state index is 0.739. The standard InChI is InChI=1S/C26H28N4O/c1-2-7-22(8-3-1)30-18-16-29(17-19-30)15-6-20-31-23-13-11-21(12-14-23)26-27-24-9-4-5-10-25(24)28-26/h1-5,7-14H,6,15-20H2,(H,27,28). The van der Waals surface area contributed by atoms with Crippen molar-refractivity contribution in [1.29, 1.82) is 0 Å². The molecule has 158 valence electrons. The normalized spacial score (nSPS) is 14.8. The quantitative estimate of drug-likeness (QED) is 0.442. The van der Waals surface area contributed by atoms with Crippen LogP contribution in [0.4, 0.5) is 5.69 Å². The topological polar surface area (TPSA) is 44.4 Å². The van der Waals surface area contributed by atoms with Crippen molar-refractivity contribution >= 4 is 16.7 Å². The molecule has 1 saturated heterocycles. The van der Waals surface area contributed by atoms with E-state index < -0.39 is 0 Å². The summed E-state index contributed by atoms with van der Waals surface area (Å²) in [5.41, 5.74) is 4.45. The van der Waals surface area contributed by atoms with Crippen LogP contribution in [0.5, 0.6) is 5.75 Å². The maximum absolute atomic E-state index is 5.97. The highest BCUT2D eigenvalue weighted by atomic mass is 16.5. The number of hydrogen-bond donors (Lipinski definition) is 1. The maximum atomic E-state index is 5.97. The molecule has 4 aromatic rings. The fourth-order valence-corrected chi connectivity index (χ4v) is 4.15. The Balaban J connectivity index is 1.06. The number of nitrogens with zero attached hydrogens (tertiary/aromatic N) is 3. The van der Waals surface area contributed by atoms with E-state index >= 15 is 0 Å². The highest BCUT2D eigenvalue weighted by Crippen LogP contribution is 2.23. The smallest absolute Gasteiger partial charge is 0.138 e. The number of rotatable bonds is 7. The molecular weight excluding hydrogens is 384 g/mol. The second-order valence-electron chi connectivity index (χ2n) is 7.99. The number of hydrogen-bond acceptors (Lipinski definition) is 4. The molecule has 1 aliphatic rings. The van der Waals surface area contributed by atoms with Crippen LogP contribution in [0.1, 0.15) is 6.42 Å². The minimum absolute atomic E-state index is 0.739. The highest BCUT2D eigenvalue weighted by Gasteiger charge is 2.16. The molecule has 31 heavy (non-hydrogen) atoms. The average molecular weight is 413 g/mol. The Labute approximate surface area is 183 Å². The van der Waals surface area contributed by atoms with Crippen LogP contribution in [0.15, 0.2) is 78.9 Å². The summed E-state index contributed by atoms with van der Waals surface area (Å²) in [4.78, 5) is 13.0. The van der Waals surface area contributed by atoms with Gasteiger partial charge < -0.3 is 14.6 Å². The molecule has 1 aliphatic heterocycles. The van der Waals surface area contributed by atoms with Crippen LogP contribution in [0.25, 0.3) is 22.4 Å². The summed E-state index contributed by atoms with van der Waals surface area (Å²) in [5.74, 6) is 1.80. The Morgan fingerprint density at radius 2 is 1.55 bits per heavy atom. The van der Waals surface area contributed by atoms with E-state index in [0.717, 1.165) is 73.9 Å². The number of para-hydroxylation sites is 3. The largest absolute Gasteiger partial charge is 0.494 e. The summed E-state index contributed by atoms with van der Waals surface area (Å²) in [7, 11) is 0.